The Balaban J connectivity index is 4.82. The van der Waals surface area contributed by atoms with E-state index in [1.165, 1.54) is 0 Å². The van der Waals surface area contributed by atoms with E-state index in [9.17, 15) is 9.13 Å². The lowest BCUT2D eigenvalue weighted by Gasteiger charge is -2.23. The summed E-state index contributed by atoms with van der Waals surface area (Å²) >= 11 is 0. The fraction of sp³-hybridized carbons (Fsp3) is 1.00. The molecule has 0 heterocycles. The Labute approximate surface area is 73.9 Å². The third-order valence-electron chi connectivity index (χ3n) is 1.29. The Morgan fingerprint density at radius 3 is 1.54 bits per heavy atom. The molecule has 0 saturated heterocycles. The maximum absolute atomic E-state index is 10.6. The van der Waals surface area contributed by atoms with Crippen molar-refractivity contribution in [2.24, 2.45) is 0 Å². The van der Waals surface area contributed by atoms with E-state index in [-0.39, 0.29) is 0 Å². The summed E-state index contributed by atoms with van der Waals surface area (Å²) in [6.07, 6.45) is 0. The number of aliphatic hydroxyl groups is 1. The molecule has 0 aliphatic heterocycles. The van der Waals surface area contributed by atoms with Gasteiger partial charge in [0.25, 0.3) is 0 Å². The van der Waals surface area contributed by atoms with Crippen LogP contribution in [0.4, 0.5) is 0 Å². The Hall–Kier alpha value is 0.220. The Kier molecular flexibility index (Phi) is 4.23. The van der Waals surface area contributed by atoms with Crippen molar-refractivity contribution in [3.8, 4) is 0 Å². The molecule has 2 unspecified atom stereocenters. The molecule has 0 fully saturated rings. The summed E-state index contributed by atoms with van der Waals surface area (Å²) in [4.78, 5) is 34.0. The van der Waals surface area contributed by atoms with Crippen LogP contribution in [0.1, 0.15) is 0 Å². The second-order valence-electron chi connectivity index (χ2n) is 2.33. The van der Waals surface area contributed by atoms with Crippen LogP contribution in [0, 0.1) is 0 Å². The second-order valence-corrected chi connectivity index (χ2v) is 5.77. The van der Waals surface area contributed by atoms with Gasteiger partial charge in [0.2, 0.25) is 0 Å². The fourth-order valence-corrected chi connectivity index (χ4v) is 2.92. The highest BCUT2D eigenvalue weighted by atomic mass is 31.2. The van der Waals surface area contributed by atoms with Crippen molar-refractivity contribution < 1.29 is 33.8 Å². The molecular weight excluding hydrogens is 224 g/mol. The molecule has 0 spiro atoms. The lowest BCUT2D eigenvalue weighted by molar-refractivity contribution is 0.176. The lowest BCUT2D eigenvalue weighted by Crippen LogP contribution is -2.37. The average molecular weight is 235 g/mol. The quantitative estimate of drug-likeness (QED) is 0.313. The predicted octanol–water partition coefficient (Wildman–Crippen LogP) is -1.79. The van der Waals surface area contributed by atoms with Crippen molar-refractivity contribution in [3.05, 3.63) is 0 Å². The highest BCUT2D eigenvalue weighted by Gasteiger charge is 2.43. The van der Waals surface area contributed by atoms with Crippen molar-refractivity contribution in [1.29, 1.82) is 0 Å². The summed E-state index contributed by atoms with van der Waals surface area (Å²) in [7, 11) is -8.63. The normalized spacial score (nSPS) is 18.3. The molecule has 0 aliphatic rings. The van der Waals surface area contributed by atoms with Gasteiger partial charge in [0.05, 0.1) is 0 Å². The van der Waals surface area contributed by atoms with E-state index in [0.29, 0.717) is 0 Å². The van der Waals surface area contributed by atoms with E-state index in [2.05, 4.69) is 0 Å². The molecule has 0 bridgehead atoms. The predicted molar refractivity (Wildman–Crippen MR) is 42.9 cm³/mol. The van der Waals surface area contributed by atoms with Crippen molar-refractivity contribution in [1.82, 2.24) is 5.32 Å². The first-order valence-electron chi connectivity index (χ1n) is 3.06. The van der Waals surface area contributed by atoms with Crippen LogP contribution in [0.25, 0.3) is 0 Å². The summed E-state index contributed by atoms with van der Waals surface area (Å²) in [6, 6.07) is 0. The first-order chi connectivity index (χ1) is 5.60. The van der Waals surface area contributed by atoms with Gasteiger partial charge in [0.1, 0.15) is 5.78 Å². The molecule has 10 heteroatoms. The topological polar surface area (TPSA) is 147 Å². The monoisotopic (exact) mass is 235 g/mol. The van der Waals surface area contributed by atoms with Crippen molar-refractivity contribution in [2.75, 3.05) is 7.05 Å². The second kappa shape index (κ2) is 4.16. The SMILES string of the molecule is CNC(C(O)P(=O)(O)O)P(=O)(O)O. The summed E-state index contributed by atoms with van der Waals surface area (Å²) in [6.45, 7) is 0. The van der Waals surface area contributed by atoms with Crippen LogP contribution in [-0.2, 0) is 9.13 Å². The van der Waals surface area contributed by atoms with Crippen LogP contribution in [0.2, 0.25) is 0 Å². The molecule has 0 amide bonds. The zero-order valence-electron chi connectivity index (χ0n) is 6.60. The molecule has 13 heavy (non-hydrogen) atoms. The van der Waals surface area contributed by atoms with Gasteiger partial charge in [-0.1, -0.05) is 0 Å². The first kappa shape index (κ1) is 13.2. The van der Waals surface area contributed by atoms with Gasteiger partial charge in [-0.3, -0.25) is 9.13 Å². The minimum Gasteiger partial charge on any atom is -0.379 e. The molecule has 80 valence electrons. The highest BCUT2D eigenvalue weighted by Crippen LogP contribution is 2.51. The molecule has 0 rings (SSSR count). The van der Waals surface area contributed by atoms with Gasteiger partial charge < -0.3 is 30.0 Å². The van der Waals surface area contributed by atoms with Crippen LogP contribution in [0.5, 0.6) is 0 Å². The van der Waals surface area contributed by atoms with Crippen molar-refractivity contribution in [2.45, 2.75) is 11.6 Å². The van der Waals surface area contributed by atoms with E-state index in [1.54, 1.807) is 0 Å². The number of rotatable bonds is 4. The summed E-state index contributed by atoms with van der Waals surface area (Å²) in [5.74, 6) is -4.38. The number of hydrogen-bond donors (Lipinski definition) is 6. The molecule has 0 aliphatic carbocycles. The van der Waals surface area contributed by atoms with Gasteiger partial charge in [-0.05, 0) is 7.05 Å². The maximum Gasteiger partial charge on any atom is 0.356 e. The maximum atomic E-state index is 10.6. The van der Waals surface area contributed by atoms with Gasteiger partial charge in [0, 0.05) is 0 Å². The lowest BCUT2D eigenvalue weighted by atomic mass is 10.7. The van der Waals surface area contributed by atoms with E-state index < -0.39 is 26.8 Å². The third kappa shape index (κ3) is 3.84. The van der Waals surface area contributed by atoms with Crippen LogP contribution >= 0.6 is 15.2 Å². The van der Waals surface area contributed by atoms with E-state index in [1.807, 2.05) is 5.32 Å². The number of aliphatic hydroxyl groups excluding tert-OH is 1. The molecule has 8 nitrogen and oxygen atoms in total. The molecule has 0 radical (unpaired) electrons. The van der Waals surface area contributed by atoms with Gasteiger partial charge in [-0.2, -0.15) is 0 Å². The van der Waals surface area contributed by atoms with Gasteiger partial charge in [0.15, 0.2) is 5.85 Å². The van der Waals surface area contributed by atoms with Crippen LogP contribution in [-0.4, -0.2) is 43.4 Å². The minimum atomic E-state index is -4.93. The largest absolute Gasteiger partial charge is 0.379 e. The first-order valence-corrected chi connectivity index (χ1v) is 6.42. The molecule has 2 atom stereocenters. The molecule has 0 saturated carbocycles. The van der Waals surface area contributed by atoms with Crippen molar-refractivity contribution in [3.63, 3.8) is 0 Å². The Morgan fingerprint density at radius 1 is 1.08 bits per heavy atom. The number of likely N-dealkylation sites (N-methyl/N-ethyl adjacent to an activating group) is 1. The van der Waals surface area contributed by atoms with Crippen LogP contribution < -0.4 is 5.32 Å². The molecule has 0 aromatic rings. The molecule has 0 aromatic carbocycles. The molecular formula is C3H11NO7P2. The summed E-state index contributed by atoms with van der Waals surface area (Å²) in [5.41, 5.74) is 0. The molecule has 6 N–H and O–H groups in total. The average Bonchev–Trinajstić information content (AvgIpc) is 1.83. The summed E-state index contributed by atoms with van der Waals surface area (Å²) < 4.78 is 21.0. The fourth-order valence-electron chi connectivity index (χ4n) is 0.675. The van der Waals surface area contributed by atoms with Crippen LogP contribution in [0.15, 0.2) is 0 Å². The van der Waals surface area contributed by atoms with Crippen LogP contribution in [0.3, 0.4) is 0 Å². The van der Waals surface area contributed by atoms with Crippen molar-refractivity contribution >= 4 is 15.2 Å². The Morgan fingerprint density at radius 2 is 1.46 bits per heavy atom. The standard InChI is InChI=1S/C3H11NO7P2/c1-4-2(12(6,7)8)3(5)13(9,10)11/h2-5H,1H3,(H2,6,7,8)(H2,9,10,11). The highest BCUT2D eigenvalue weighted by molar-refractivity contribution is 7.57. The van der Waals surface area contributed by atoms with Gasteiger partial charge in [-0.15, -0.1) is 0 Å². The number of nitrogens with one attached hydrogen (secondary N) is 1. The van der Waals surface area contributed by atoms with Gasteiger partial charge >= 0.3 is 15.2 Å². The third-order valence-corrected chi connectivity index (χ3v) is 3.77. The number of hydrogen-bond acceptors (Lipinski definition) is 4. The zero-order valence-corrected chi connectivity index (χ0v) is 8.39. The smallest absolute Gasteiger partial charge is 0.356 e. The summed E-state index contributed by atoms with van der Waals surface area (Å²) in [5, 5.41) is 10.8. The Bertz CT molecular complexity index is 254. The van der Waals surface area contributed by atoms with Gasteiger partial charge in [-0.25, -0.2) is 0 Å². The zero-order chi connectivity index (χ0) is 10.9. The minimum absolute atomic E-state index is 1.07. The van der Waals surface area contributed by atoms with E-state index in [4.69, 9.17) is 24.7 Å². The molecule has 0 aromatic heterocycles. The van der Waals surface area contributed by atoms with E-state index in [0.717, 1.165) is 7.05 Å². The van der Waals surface area contributed by atoms with E-state index >= 15 is 0 Å².